The molecule has 0 amide bonds. The number of hydrogen-bond donors (Lipinski definition) is 1. The number of rotatable bonds is 9. The molecule has 3 unspecified atom stereocenters. The Balaban J connectivity index is 4.71. The van der Waals surface area contributed by atoms with Crippen LogP contribution in [0.3, 0.4) is 0 Å². The van der Waals surface area contributed by atoms with Crippen molar-refractivity contribution in [3.63, 3.8) is 0 Å². The van der Waals surface area contributed by atoms with E-state index in [1.807, 2.05) is 13.8 Å². The van der Waals surface area contributed by atoms with Gasteiger partial charge in [-0.3, -0.25) is 9.69 Å². The Kier molecular flexibility index (Phi) is 8.22. The first-order chi connectivity index (χ1) is 8.82. The van der Waals surface area contributed by atoms with Crippen molar-refractivity contribution in [3.05, 3.63) is 0 Å². The average Bonchev–Trinajstić information content (AvgIpc) is 2.37. The second kappa shape index (κ2) is 8.51. The molecule has 0 aromatic heterocycles. The fourth-order valence-electron chi connectivity index (χ4n) is 2.37. The fourth-order valence-corrected chi connectivity index (χ4v) is 2.37. The summed E-state index contributed by atoms with van der Waals surface area (Å²) in [5.41, 5.74) is -0.649. The molecule has 19 heavy (non-hydrogen) atoms. The zero-order valence-corrected chi connectivity index (χ0v) is 13.4. The Hall–Kier alpha value is -0.650. The van der Waals surface area contributed by atoms with Crippen LogP contribution in [-0.4, -0.2) is 62.9 Å². The molecule has 1 N–H and O–H groups in total. The van der Waals surface area contributed by atoms with E-state index in [4.69, 9.17) is 9.47 Å². The van der Waals surface area contributed by atoms with E-state index in [0.29, 0.717) is 19.1 Å². The second-order valence-electron chi connectivity index (χ2n) is 5.38. The van der Waals surface area contributed by atoms with Gasteiger partial charge in [0.05, 0.1) is 13.7 Å². The molecule has 5 heteroatoms. The summed E-state index contributed by atoms with van der Waals surface area (Å²) in [6, 6.07) is 0.553. The summed E-state index contributed by atoms with van der Waals surface area (Å²) in [6.07, 6.45) is 0.693. The van der Waals surface area contributed by atoms with E-state index in [1.54, 1.807) is 7.11 Å². The lowest BCUT2D eigenvalue weighted by atomic mass is 9.92. The number of likely N-dealkylation sites (N-methyl/N-ethyl adjacent to an activating group) is 2. The van der Waals surface area contributed by atoms with Crippen molar-refractivity contribution in [1.82, 2.24) is 10.2 Å². The van der Waals surface area contributed by atoms with Crippen LogP contribution in [-0.2, 0) is 14.3 Å². The third-order valence-electron chi connectivity index (χ3n) is 3.70. The summed E-state index contributed by atoms with van der Waals surface area (Å²) in [7, 11) is 5.18. The second-order valence-corrected chi connectivity index (χ2v) is 5.38. The summed E-state index contributed by atoms with van der Waals surface area (Å²) in [5.74, 6) is -0.214. The first-order valence-corrected chi connectivity index (χ1v) is 6.86. The van der Waals surface area contributed by atoms with E-state index >= 15 is 0 Å². The monoisotopic (exact) mass is 274 g/mol. The highest BCUT2D eigenvalue weighted by Crippen LogP contribution is 2.18. The van der Waals surface area contributed by atoms with Gasteiger partial charge in [-0.25, -0.2) is 0 Å². The van der Waals surface area contributed by atoms with Gasteiger partial charge in [0, 0.05) is 19.2 Å². The molecular formula is C14H30N2O3. The zero-order valence-electron chi connectivity index (χ0n) is 13.4. The van der Waals surface area contributed by atoms with E-state index in [9.17, 15) is 4.79 Å². The van der Waals surface area contributed by atoms with Gasteiger partial charge in [0.2, 0.25) is 0 Å². The third kappa shape index (κ3) is 5.47. The van der Waals surface area contributed by atoms with E-state index < -0.39 is 5.54 Å². The lowest BCUT2D eigenvalue weighted by Gasteiger charge is -2.36. The standard InChI is InChI=1S/C14H30N2O3/c1-8-15-14(4,13(17)19-7)9-11(2)16(5)12(3)10-18-6/h11-12,15H,8-10H2,1-7H3. The highest BCUT2D eigenvalue weighted by atomic mass is 16.5. The van der Waals surface area contributed by atoms with Crippen LogP contribution in [0.15, 0.2) is 0 Å². The largest absolute Gasteiger partial charge is 0.468 e. The van der Waals surface area contributed by atoms with Crippen LogP contribution in [0.2, 0.25) is 0 Å². The molecule has 0 spiro atoms. The molecule has 114 valence electrons. The van der Waals surface area contributed by atoms with Gasteiger partial charge >= 0.3 is 5.97 Å². The summed E-state index contributed by atoms with van der Waals surface area (Å²) >= 11 is 0. The van der Waals surface area contributed by atoms with Crippen molar-refractivity contribution in [1.29, 1.82) is 0 Å². The van der Waals surface area contributed by atoms with Gasteiger partial charge < -0.3 is 14.8 Å². The number of nitrogens with zero attached hydrogens (tertiary/aromatic N) is 1. The molecule has 0 heterocycles. The quantitative estimate of drug-likeness (QED) is 0.642. The fraction of sp³-hybridized carbons (Fsp3) is 0.929. The zero-order chi connectivity index (χ0) is 15.1. The Bertz CT molecular complexity index is 273. The lowest BCUT2D eigenvalue weighted by Crippen LogP contribution is -2.54. The van der Waals surface area contributed by atoms with Crippen molar-refractivity contribution < 1.29 is 14.3 Å². The number of esters is 1. The van der Waals surface area contributed by atoms with Crippen LogP contribution in [0.1, 0.15) is 34.1 Å². The predicted molar refractivity (Wildman–Crippen MR) is 77.3 cm³/mol. The highest BCUT2D eigenvalue weighted by molar-refractivity contribution is 5.80. The molecule has 0 aliphatic heterocycles. The molecule has 0 saturated heterocycles. The first-order valence-electron chi connectivity index (χ1n) is 6.86. The van der Waals surface area contributed by atoms with Crippen LogP contribution in [0.5, 0.6) is 0 Å². The minimum absolute atomic E-state index is 0.214. The minimum Gasteiger partial charge on any atom is -0.468 e. The maximum absolute atomic E-state index is 11.9. The maximum atomic E-state index is 11.9. The summed E-state index contributed by atoms with van der Waals surface area (Å²) in [6.45, 7) is 9.52. The number of methoxy groups -OCH3 is 2. The highest BCUT2D eigenvalue weighted by Gasteiger charge is 2.36. The van der Waals surface area contributed by atoms with Gasteiger partial charge in [-0.1, -0.05) is 6.92 Å². The number of ether oxygens (including phenoxy) is 2. The molecule has 0 aliphatic carbocycles. The molecule has 0 radical (unpaired) electrons. The van der Waals surface area contributed by atoms with Crippen molar-refractivity contribution in [2.24, 2.45) is 0 Å². The number of carbonyl (C=O) groups excluding carboxylic acids is 1. The number of nitrogens with one attached hydrogen (secondary N) is 1. The van der Waals surface area contributed by atoms with E-state index in [-0.39, 0.29) is 12.0 Å². The number of hydrogen-bond acceptors (Lipinski definition) is 5. The van der Waals surface area contributed by atoms with Crippen LogP contribution in [0.25, 0.3) is 0 Å². The summed E-state index contributed by atoms with van der Waals surface area (Å²) in [4.78, 5) is 14.2. The summed E-state index contributed by atoms with van der Waals surface area (Å²) in [5, 5.41) is 3.23. The Labute approximate surface area is 117 Å². The number of carbonyl (C=O) groups is 1. The summed E-state index contributed by atoms with van der Waals surface area (Å²) < 4.78 is 10.1. The van der Waals surface area contributed by atoms with Crippen molar-refractivity contribution in [2.45, 2.75) is 51.7 Å². The van der Waals surface area contributed by atoms with E-state index in [1.165, 1.54) is 7.11 Å². The molecule has 0 aromatic carbocycles. The third-order valence-corrected chi connectivity index (χ3v) is 3.70. The molecule has 0 bridgehead atoms. The smallest absolute Gasteiger partial charge is 0.325 e. The first kappa shape index (κ1) is 18.4. The van der Waals surface area contributed by atoms with Gasteiger partial charge in [-0.2, -0.15) is 0 Å². The van der Waals surface area contributed by atoms with Crippen LogP contribution in [0, 0.1) is 0 Å². The minimum atomic E-state index is -0.649. The van der Waals surface area contributed by atoms with Gasteiger partial charge in [0.1, 0.15) is 5.54 Å². The Morgan fingerprint density at radius 3 is 2.32 bits per heavy atom. The van der Waals surface area contributed by atoms with Gasteiger partial charge in [-0.05, 0) is 40.8 Å². The van der Waals surface area contributed by atoms with Crippen molar-refractivity contribution in [3.8, 4) is 0 Å². The van der Waals surface area contributed by atoms with Crippen molar-refractivity contribution >= 4 is 5.97 Å². The molecule has 0 aliphatic rings. The van der Waals surface area contributed by atoms with Crippen LogP contribution >= 0.6 is 0 Å². The van der Waals surface area contributed by atoms with E-state index in [0.717, 1.165) is 6.54 Å². The molecule has 0 fully saturated rings. The maximum Gasteiger partial charge on any atom is 0.325 e. The Morgan fingerprint density at radius 1 is 1.32 bits per heavy atom. The van der Waals surface area contributed by atoms with Gasteiger partial charge in [0.15, 0.2) is 0 Å². The SMILES string of the molecule is CCNC(C)(CC(C)N(C)C(C)COC)C(=O)OC. The molecular weight excluding hydrogens is 244 g/mol. The molecule has 0 saturated carbocycles. The topological polar surface area (TPSA) is 50.8 Å². The molecule has 0 aromatic rings. The Morgan fingerprint density at radius 2 is 1.89 bits per heavy atom. The molecule has 0 rings (SSSR count). The van der Waals surface area contributed by atoms with Crippen LogP contribution in [0.4, 0.5) is 0 Å². The van der Waals surface area contributed by atoms with Gasteiger partial charge in [0.25, 0.3) is 0 Å². The molecule has 5 nitrogen and oxygen atoms in total. The van der Waals surface area contributed by atoms with Crippen LogP contribution < -0.4 is 5.32 Å². The average molecular weight is 274 g/mol. The normalized spacial score (nSPS) is 17.9. The predicted octanol–water partition coefficient (Wildman–Crippen LogP) is 1.27. The lowest BCUT2D eigenvalue weighted by molar-refractivity contribution is -0.148. The molecule has 3 atom stereocenters. The van der Waals surface area contributed by atoms with Crippen molar-refractivity contribution in [2.75, 3.05) is 34.4 Å². The van der Waals surface area contributed by atoms with Gasteiger partial charge in [-0.15, -0.1) is 0 Å². The van der Waals surface area contributed by atoms with E-state index in [2.05, 4.69) is 31.1 Å².